The maximum Gasteiger partial charge on any atom is 0.224 e. The summed E-state index contributed by atoms with van der Waals surface area (Å²) in [5, 5.41) is 21.6. The molecule has 3 aliphatic heterocycles. The normalized spacial score (nSPS) is 23.6. The lowest BCUT2D eigenvalue weighted by Crippen LogP contribution is -2.37. The van der Waals surface area contributed by atoms with E-state index in [1.165, 1.54) is 0 Å². The Balaban J connectivity index is 1.28. The van der Waals surface area contributed by atoms with Gasteiger partial charge in [0, 0.05) is 44.1 Å². The van der Waals surface area contributed by atoms with Gasteiger partial charge in [-0.25, -0.2) is 9.67 Å². The third kappa shape index (κ3) is 3.49. The van der Waals surface area contributed by atoms with Crippen molar-refractivity contribution in [3.63, 3.8) is 0 Å². The summed E-state index contributed by atoms with van der Waals surface area (Å²) in [4.78, 5) is 20.7. The highest BCUT2D eigenvalue weighted by molar-refractivity contribution is 5.76. The van der Waals surface area contributed by atoms with Crippen molar-refractivity contribution in [1.29, 1.82) is 0 Å². The molecule has 11 nitrogen and oxygen atoms in total. The van der Waals surface area contributed by atoms with Gasteiger partial charge in [0.1, 0.15) is 5.82 Å². The number of tetrazole rings is 1. The minimum absolute atomic E-state index is 0.132. The van der Waals surface area contributed by atoms with Gasteiger partial charge in [0.2, 0.25) is 11.9 Å². The van der Waals surface area contributed by atoms with E-state index in [2.05, 4.69) is 36.5 Å². The van der Waals surface area contributed by atoms with Crippen LogP contribution in [0, 0.1) is 5.92 Å². The van der Waals surface area contributed by atoms with Crippen molar-refractivity contribution in [3.8, 4) is 0 Å². The Labute approximate surface area is 161 Å². The average Bonchev–Trinajstić information content (AvgIpc) is 3.36. The second-order valence-electron chi connectivity index (χ2n) is 7.56. The molecule has 11 heteroatoms. The zero-order valence-electron chi connectivity index (χ0n) is 15.5. The number of carbonyl (C=O) groups is 1. The fraction of sp³-hybridized carbons (Fsp3) is 0.647. The van der Waals surface area contributed by atoms with Crippen molar-refractivity contribution in [2.45, 2.75) is 51.5 Å². The van der Waals surface area contributed by atoms with Crippen molar-refractivity contribution >= 4 is 17.7 Å². The number of aryl methyl sites for hydroxylation is 1. The predicted molar refractivity (Wildman–Crippen MR) is 98.3 cm³/mol. The van der Waals surface area contributed by atoms with Crippen LogP contribution in [-0.2, 0) is 35.7 Å². The first-order valence-electron chi connectivity index (χ1n) is 9.74. The van der Waals surface area contributed by atoms with Crippen molar-refractivity contribution in [2.24, 2.45) is 5.92 Å². The van der Waals surface area contributed by atoms with E-state index in [1.807, 2.05) is 4.68 Å². The highest BCUT2D eigenvalue weighted by Gasteiger charge is 2.26. The molecular formula is C17H23N9O2. The van der Waals surface area contributed by atoms with Crippen LogP contribution in [0.15, 0.2) is 0 Å². The summed E-state index contributed by atoms with van der Waals surface area (Å²) in [5.41, 5.74) is 1.96. The number of nitrogens with one attached hydrogen (secondary N) is 3. The molecule has 1 fully saturated rings. The van der Waals surface area contributed by atoms with Gasteiger partial charge in [-0.1, -0.05) is 0 Å². The standard InChI is InChI=1S/C17H23N9O2/c27-15-2-1-10(6-18-15)7-19-17-21-13-9-28-8-12(13)16(22-17)20-11-3-4-26-14(5-11)23-24-25-26/h10-11H,1-9H2,(H,18,27)(H2,19,20,21,22). The SMILES string of the molecule is O=C1CCC(CNc2nc3c(c(NC4CCn5nnnc5C4)n2)COC3)CN1. The second-order valence-corrected chi connectivity index (χ2v) is 7.56. The molecular weight excluding hydrogens is 362 g/mol. The molecule has 2 aromatic heterocycles. The number of hydrogen-bond donors (Lipinski definition) is 3. The summed E-state index contributed by atoms with van der Waals surface area (Å²) in [5.74, 6) is 2.84. The third-order valence-electron chi connectivity index (χ3n) is 5.56. The Morgan fingerprint density at radius 3 is 3.11 bits per heavy atom. The van der Waals surface area contributed by atoms with Crippen LogP contribution in [0.3, 0.4) is 0 Å². The second kappa shape index (κ2) is 7.30. The Morgan fingerprint density at radius 2 is 2.21 bits per heavy atom. The lowest BCUT2D eigenvalue weighted by Gasteiger charge is -2.25. The Bertz CT molecular complexity index is 874. The summed E-state index contributed by atoms with van der Waals surface area (Å²) >= 11 is 0. The number of carbonyl (C=O) groups excluding carboxylic acids is 1. The molecule has 1 amide bonds. The van der Waals surface area contributed by atoms with Gasteiger partial charge in [0.05, 0.1) is 18.9 Å². The van der Waals surface area contributed by atoms with Gasteiger partial charge >= 0.3 is 0 Å². The number of rotatable bonds is 5. The van der Waals surface area contributed by atoms with Crippen molar-refractivity contribution < 1.29 is 9.53 Å². The van der Waals surface area contributed by atoms with Crippen LogP contribution < -0.4 is 16.0 Å². The molecule has 0 radical (unpaired) electrons. The number of aromatic nitrogens is 6. The molecule has 2 aromatic rings. The van der Waals surface area contributed by atoms with E-state index in [1.54, 1.807) is 0 Å². The quantitative estimate of drug-likeness (QED) is 0.643. The lowest BCUT2D eigenvalue weighted by atomic mass is 9.99. The third-order valence-corrected chi connectivity index (χ3v) is 5.56. The monoisotopic (exact) mass is 385 g/mol. The highest BCUT2D eigenvalue weighted by Crippen LogP contribution is 2.28. The van der Waals surface area contributed by atoms with E-state index in [4.69, 9.17) is 9.72 Å². The van der Waals surface area contributed by atoms with Gasteiger partial charge < -0.3 is 20.7 Å². The first-order chi connectivity index (χ1) is 13.7. The van der Waals surface area contributed by atoms with Crippen LogP contribution in [0.4, 0.5) is 11.8 Å². The summed E-state index contributed by atoms with van der Waals surface area (Å²) in [7, 11) is 0. The molecule has 0 bridgehead atoms. The van der Waals surface area contributed by atoms with Crippen LogP contribution in [-0.4, -0.2) is 55.2 Å². The van der Waals surface area contributed by atoms with E-state index in [9.17, 15) is 4.79 Å². The van der Waals surface area contributed by atoms with E-state index >= 15 is 0 Å². The molecule has 1 saturated heterocycles. The molecule has 3 N–H and O–H groups in total. The van der Waals surface area contributed by atoms with Gasteiger partial charge in [0.25, 0.3) is 0 Å². The largest absolute Gasteiger partial charge is 0.370 e. The molecule has 0 aliphatic carbocycles. The van der Waals surface area contributed by atoms with E-state index < -0.39 is 0 Å². The number of amides is 1. The molecule has 3 aliphatic rings. The van der Waals surface area contributed by atoms with Gasteiger partial charge in [-0.2, -0.15) is 4.98 Å². The predicted octanol–water partition coefficient (Wildman–Crippen LogP) is -0.142. The first-order valence-corrected chi connectivity index (χ1v) is 9.74. The maximum atomic E-state index is 11.3. The first kappa shape index (κ1) is 17.3. The zero-order valence-corrected chi connectivity index (χ0v) is 15.5. The minimum Gasteiger partial charge on any atom is -0.370 e. The summed E-state index contributed by atoms with van der Waals surface area (Å²) in [6.45, 7) is 3.25. The van der Waals surface area contributed by atoms with Gasteiger partial charge in [-0.05, 0) is 29.2 Å². The zero-order chi connectivity index (χ0) is 18.9. The Kier molecular flexibility index (Phi) is 4.51. The maximum absolute atomic E-state index is 11.3. The van der Waals surface area contributed by atoms with Crippen LogP contribution in [0.1, 0.15) is 36.3 Å². The van der Waals surface area contributed by atoms with E-state index in [0.29, 0.717) is 38.0 Å². The molecule has 5 heterocycles. The number of nitrogens with zero attached hydrogens (tertiary/aromatic N) is 6. The summed E-state index contributed by atoms with van der Waals surface area (Å²) in [6.07, 6.45) is 3.16. The van der Waals surface area contributed by atoms with E-state index in [-0.39, 0.29) is 11.9 Å². The molecule has 148 valence electrons. The highest BCUT2D eigenvalue weighted by atomic mass is 16.5. The lowest BCUT2D eigenvalue weighted by molar-refractivity contribution is -0.122. The van der Waals surface area contributed by atoms with Crippen molar-refractivity contribution in [2.75, 3.05) is 23.7 Å². The number of fused-ring (bicyclic) bond motifs is 2. The summed E-state index contributed by atoms with van der Waals surface area (Å²) in [6, 6.07) is 0.222. The smallest absolute Gasteiger partial charge is 0.224 e. The molecule has 0 aromatic carbocycles. The summed E-state index contributed by atoms with van der Waals surface area (Å²) < 4.78 is 7.44. The molecule has 0 spiro atoms. The number of piperidine rings is 1. The number of hydrogen-bond acceptors (Lipinski definition) is 9. The Hall–Kier alpha value is -2.82. The van der Waals surface area contributed by atoms with Crippen LogP contribution in [0.2, 0.25) is 0 Å². The molecule has 5 rings (SSSR count). The molecule has 28 heavy (non-hydrogen) atoms. The number of ether oxygens (including phenoxy) is 1. The molecule has 2 unspecified atom stereocenters. The average molecular weight is 385 g/mol. The van der Waals surface area contributed by atoms with Gasteiger partial charge in [-0.3, -0.25) is 4.79 Å². The van der Waals surface area contributed by atoms with Gasteiger partial charge in [0.15, 0.2) is 5.82 Å². The van der Waals surface area contributed by atoms with E-state index in [0.717, 1.165) is 55.3 Å². The van der Waals surface area contributed by atoms with Crippen LogP contribution >= 0.6 is 0 Å². The van der Waals surface area contributed by atoms with Crippen molar-refractivity contribution in [1.82, 2.24) is 35.5 Å². The fourth-order valence-corrected chi connectivity index (χ4v) is 3.90. The van der Waals surface area contributed by atoms with Crippen LogP contribution in [0.5, 0.6) is 0 Å². The van der Waals surface area contributed by atoms with Crippen molar-refractivity contribution in [3.05, 3.63) is 17.1 Å². The van der Waals surface area contributed by atoms with Crippen LogP contribution in [0.25, 0.3) is 0 Å². The minimum atomic E-state index is 0.132. The fourth-order valence-electron chi connectivity index (χ4n) is 3.90. The Morgan fingerprint density at radius 1 is 1.25 bits per heavy atom. The molecule has 0 saturated carbocycles. The number of anilines is 2. The van der Waals surface area contributed by atoms with Gasteiger partial charge in [-0.15, -0.1) is 5.10 Å². The molecule has 2 atom stereocenters. The topological polar surface area (TPSA) is 132 Å².